The zero-order chi connectivity index (χ0) is 15.8. The lowest BCUT2D eigenvalue weighted by Crippen LogP contribution is -2.22. The molecule has 0 saturated heterocycles. The van der Waals surface area contributed by atoms with Gasteiger partial charge in [0.15, 0.2) is 0 Å². The van der Waals surface area contributed by atoms with Crippen LogP contribution in [0.2, 0.25) is 0 Å². The maximum absolute atomic E-state index is 13.0. The molecule has 1 unspecified atom stereocenters. The van der Waals surface area contributed by atoms with Crippen molar-refractivity contribution in [2.45, 2.75) is 31.4 Å². The van der Waals surface area contributed by atoms with E-state index in [9.17, 15) is 26.7 Å². The highest BCUT2D eigenvalue weighted by Gasteiger charge is 2.41. The molecule has 1 aliphatic carbocycles. The van der Waals surface area contributed by atoms with Crippen molar-refractivity contribution in [3.63, 3.8) is 0 Å². The van der Waals surface area contributed by atoms with Gasteiger partial charge in [-0.15, -0.1) is 0 Å². The summed E-state index contributed by atoms with van der Waals surface area (Å²) in [6.45, 7) is -0.918. The Hall–Kier alpha value is -1.86. The minimum absolute atomic E-state index is 0.0537. The summed E-state index contributed by atoms with van der Waals surface area (Å²) in [5.74, 6) is -2.00. The quantitative estimate of drug-likeness (QED) is 0.870. The Morgan fingerprint density at radius 2 is 2.05 bits per heavy atom. The molecule has 3 nitrogen and oxygen atoms in total. The smallest absolute Gasteiger partial charge is 0.416 e. The summed E-state index contributed by atoms with van der Waals surface area (Å²) in [7, 11) is 0. The van der Waals surface area contributed by atoms with Crippen molar-refractivity contribution < 1.29 is 31.5 Å². The molecule has 2 N–H and O–H groups in total. The number of nitrogens with two attached hydrogens (primary N) is 1. The average molecular weight is 309 g/mol. The number of rotatable bonds is 4. The highest BCUT2D eigenvalue weighted by Crippen LogP contribution is 2.45. The van der Waals surface area contributed by atoms with Gasteiger partial charge < -0.3 is 10.5 Å². The topological polar surface area (TPSA) is 52.3 Å². The molecule has 8 heteroatoms. The number of amides is 1. The van der Waals surface area contributed by atoms with Gasteiger partial charge in [-0.2, -0.15) is 13.2 Å². The molecule has 0 fully saturated rings. The van der Waals surface area contributed by atoms with E-state index in [1.54, 1.807) is 0 Å². The van der Waals surface area contributed by atoms with Crippen LogP contribution in [0.5, 0.6) is 5.75 Å². The molecule has 0 heterocycles. The molecule has 0 aromatic heterocycles. The second-order valence-corrected chi connectivity index (χ2v) is 4.70. The molecule has 0 radical (unpaired) electrons. The van der Waals surface area contributed by atoms with Crippen molar-refractivity contribution in [1.82, 2.24) is 0 Å². The summed E-state index contributed by atoms with van der Waals surface area (Å²) in [4.78, 5) is 11.3. The van der Waals surface area contributed by atoms with Gasteiger partial charge in [0.05, 0.1) is 11.5 Å². The van der Waals surface area contributed by atoms with Crippen molar-refractivity contribution in [2.24, 2.45) is 5.73 Å². The van der Waals surface area contributed by atoms with Gasteiger partial charge >= 0.3 is 6.18 Å². The predicted molar refractivity (Wildman–Crippen MR) is 63.2 cm³/mol. The zero-order valence-corrected chi connectivity index (χ0v) is 10.7. The van der Waals surface area contributed by atoms with E-state index in [-0.39, 0.29) is 29.7 Å². The molecule has 1 amide bonds. The van der Waals surface area contributed by atoms with E-state index >= 15 is 0 Å². The van der Waals surface area contributed by atoms with Gasteiger partial charge in [-0.25, -0.2) is 8.78 Å². The molecule has 116 valence electrons. The molecule has 1 atom stereocenters. The van der Waals surface area contributed by atoms with E-state index in [1.807, 2.05) is 0 Å². The van der Waals surface area contributed by atoms with Gasteiger partial charge in [0, 0.05) is 0 Å². The van der Waals surface area contributed by atoms with E-state index in [4.69, 9.17) is 10.5 Å². The average Bonchev–Trinajstić information content (AvgIpc) is 2.79. The Kier molecular flexibility index (Phi) is 4.06. The number of hydrogen-bond acceptors (Lipinski definition) is 2. The maximum atomic E-state index is 13.0. The molecule has 1 aromatic rings. The van der Waals surface area contributed by atoms with Crippen LogP contribution in [-0.2, 0) is 17.4 Å². The van der Waals surface area contributed by atoms with Gasteiger partial charge in [-0.3, -0.25) is 4.79 Å². The van der Waals surface area contributed by atoms with Gasteiger partial charge in [-0.1, -0.05) is 0 Å². The number of benzene rings is 1. The molecule has 0 saturated carbocycles. The zero-order valence-electron chi connectivity index (χ0n) is 10.7. The highest BCUT2D eigenvalue weighted by molar-refractivity contribution is 5.84. The Balaban J connectivity index is 2.49. The summed E-state index contributed by atoms with van der Waals surface area (Å²) in [5.41, 5.74) is 4.05. The van der Waals surface area contributed by atoms with Crippen LogP contribution in [0.15, 0.2) is 12.1 Å². The third-order valence-electron chi connectivity index (χ3n) is 3.36. The summed E-state index contributed by atoms with van der Waals surface area (Å²) in [6.07, 6.45) is -7.14. The van der Waals surface area contributed by atoms with E-state index in [2.05, 4.69) is 0 Å². The number of ether oxygens (including phenoxy) is 1. The summed E-state index contributed by atoms with van der Waals surface area (Å²) < 4.78 is 68.2. The van der Waals surface area contributed by atoms with Gasteiger partial charge in [0.25, 0.3) is 6.43 Å². The summed E-state index contributed by atoms with van der Waals surface area (Å²) in [6, 6.07) is 1.74. The van der Waals surface area contributed by atoms with Crippen LogP contribution >= 0.6 is 0 Å². The van der Waals surface area contributed by atoms with Crippen LogP contribution in [0.25, 0.3) is 0 Å². The third-order valence-corrected chi connectivity index (χ3v) is 3.36. The first-order valence-corrected chi connectivity index (χ1v) is 6.15. The SMILES string of the molecule is NC(=O)C1CCc2c(OCC(F)F)ccc(C(F)(F)F)c21. The standard InChI is InChI=1S/C13H12F5NO2/c14-10(15)5-21-9-4-3-8(13(16,17)18)11-6(9)1-2-7(11)12(19)20/h3-4,7,10H,1-2,5H2,(H2,19,20). The molecular weight excluding hydrogens is 297 g/mol. The van der Waals surface area contributed by atoms with E-state index in [1.165, 1.54) is 0 Å². The van der Waals surface area contributed by atoms with Crippen LogP contribution in [-0.4, -0.2) is 18.9 Å². The first-order valence-electron chi connectivity index (χ1n) is 6.15. The van der Waals surface area contributed by atoms with Crippen LogP contribution in [0, 0.1) is 0 Å². The van der Waals surface area contributed by atoms with Crippen molar-refractivity contribution >= 4 is 5.91 Å². The Bertz CT molecular complexity index is 556. The number of primary amides is 1. The summed E-state index contributed by atoms with van der Waals surface area (Å²) >= 11 is 0. The highest BCUT2D eigenvalue weighted by atomic mass is 19.4. The van der Waals surface area contributed by atoms with Crippen molar-refractivity contribution in [3.05, 3.63) is 28.8 Å². The maximum Gasteiger partial charge on any atom is 0.416 e. The van der Waals surface area contributed by atoms with E-state index in [0.29, 0.717) is 0 Å². The predicted octanol–water partition coefficient (Wildman–Crippen LogP) is 2.86. The molecule has 2 rings (SSSR count). The lowest BCUT2D eigenvalue weighted by molar-refractivity contribution is -0.138. The van der Waals surface area contributed by atoms with Crippen molar-refractivity contribution in [1.29, 1.82) is 0 Å². The fourth-order valence-corrected chi connectivity index (χ4v) is 2.55. The molecule has 0 aliphatic heterocycles. The van der Waals surface area contributed by atoms with Crippen LogP contribution < -0.4 is 10.5 Å². The molecule has 1 aromatic carbocycles. The Morgan fingerprint density at radius 3 is 2.57 bits per heavy atom. The second kappa shape index (κ2) is 5.50. The third kappa shape index (κ3) is 3.08. The molecular formula is C13H12F5NO2. The van der Waals surface area contributed by atoms with Crippen LogP contribution in [0.3, 0.4) is 0 Å². The lowest BCUT2D eigenvalue weighted by atomic mass is 9.94. The van der Waals surface area contributed by atoms with Crippen molar-refractivity contribution in [3.8, 4) is 5.75 Å². The fourth-order valence-electron chi connectivity index (χ4n) is 2.55. The van der Waals surface area contributed by atoms with Crippen molar-refractivity contribution in [2.75, 3.05) is 6.61 Å². The number of hydrogen-bond donors (Lipinski definition) is 1. The van der Waals surface area contributed by atoms with E-state index < -0.39 is 36.6 Å². The number of alkyl halides is 5. The molecule has 1 aliphatic rings. The number of carbonyl (C=O) groups is 1. The molecule has 0 bridgehead atoms. The largest absolute Gasteiger partial charge is 0.487 e. The Labute approximate surface area is 116 Å². The number of carbonyl (C=O) groups excluding carboxylic acids is 1. The molecule has 0 spiro atoms. The Morgan fingerprint density at radius 1 is 1.38 bits per heavy atom. The van der Waals surface area contributed by atoms with Crippen LogP contribution in [0.4, 0.5) is 22.0 Å². The minimum atomic E-state index is -4.65. The van der Waals surface area contributed by atoms with Crippen LogP contribution in [0.1, 0.15) is 29.0 Å². The number of halogens is 5. The van der Waals surface area contributed by atoms with Gasteiger partial charge in [0.2, 0.25) is 5.91 Å². The minimum Gasteiger partial charge on any atom is -0.487 e. The van der Waals surface area contributed by atoms with E-state index in [0.717, 1.165) is 12.1 Å². The normalized spacial score (nSPS) is 17.9. The van der Waals surface area contributed by atoms with Gasteiger partial charge in [0.1, 0.15) is 12.4 Å². The number of fused-ring (bicyclic) bond motifs is 1. The lowest BCUT2D eigenvalue weighted by Gasteiger charge is -2.18. The first kappa shape index (κ1) is 15.5. The molecule has 21 heavy (non-hydrogen) atoms. The van der Waals surface area contributed by atoms with Gasteiger partial charge in [-0.05, 0) is 36.1 Å². The monoisotopic (exact) mass is 309 g/mol. The fraction of sp³-hybridized carbons (Fsp3) is 0.462. The summed E-state index contributed by atoms with van der Waals surface area (Å²) in [5, 5.41) is 0. The second-order valence-electron chi connectivity index (χ2n) is 4.70. The first-order chi connectivity index (χ1) is 9.71.